The van der Waals surface area contributed by atoms with Crippen LogP contribution >= 0.6 is 11.6 Å². The van der Waals surface area contributed by atoms with Crippen LogP contribution in [0.25, 0.3) is 0 Å². The molecule has 106 valence electrons. The molecule has 0 aromatic heterocycles. The van der Waals surface area contributed by atoms with E-state index in [0.717, 1.165) is 30.5 Å². The zero-order chi connectivity index (χ0) is 13.7. The molecule has 1 fully saturated rings. The van der Waals surface area contributed by atoms with Crippen LogP contribution in [0.2, 0.25) is 5.02 Å². The fraction of sp³-hybridized carbons (Fsp3) is 0.625. The van der Waals surface area contributed by atoms with E-state index < -0.39 is 0 Å². The summed E-state index contributed by atoms with van der Waals surface area (Å²) in [7, 11) is 2.05. The maximum atomic E-state index is 6.37. The normalized spacial score (nSPS) is 17.8. The molecule has 0 radical (unpaired) electrons. The van der Waals surface area contributed by atoms with E-state index in [0.29, 0.717) is 0 Å². The van der Waals surface area contributed by atoms with Crippen LogP contribution in [0.3, 0.4) is 0 Å². The maximum absolute atomic E-state index is 6.37. The Morgan fingerprint density at radius 3 is 2.68 bits per heavy atom. The lowest BCUT2D eigenvalue weighted by Crippen LogP contribution is -2.36. The average molecular weight is 281 g/mol. The quantitative estimate of drug-likeness (QED) is 0.890. The van der Waals surface area contributed by atoms with Crippen molar-refractivity contribution in [1.82, 2.24) is 10.2 Å². The Labute approximate surface area is 122 Å². The number of likely N-dealkylation sites (tertiary alicyclic amines) is 1. The molecule has 0 bridgehead atoms. The van der Waals surface area contributed by atoms with E-state index in [1.165, 1.54) is 37.1 Å². The average Bonchev–Trinajstić information content (AvgIpc) is 2.43. The highest BCUT2D eigenvalue weighted by Gasteiger charge is 2.19. The molecule has 0 atom stereocenters. The van der Waals surface area contributed by atoms with Crippen molar-refractivity contribution in [2.45, 2.75) is 32.7 Å². The number of hydrogen-bond acceptors (Lipinski definition) is 2. The molecule has 1 aromatic carbocycles. The Bertz CT molecular complexity index is 398. The van der Waals surface area contributed by atoms with Crippen molar-refractivity contribution in [1.29, 1.82) is 0 Å². The largest absolute Gasteiger partial charge is 0.319 e. The molecule has 1 N–H and O–H groups in total. The van der Waals surface area contributed by atoms with E-state index in [1.54, 1.807) is 0 Å². The molecule has 0 amide bonds. The summed E-state index contributed by atoms with van der Waals surface area (Å²) < 4.78 is 0. The number of nitrogens with zero attached hydrogens (tertiary/aromatic N) is 1. The zero-order valence-electron chi connectivity index (χ0n) is 12.1. The van der Waals surface area contributed by atoms with Crippen molar-refractivity contribution in [2.24, 2.45) is 5.92 Å². The van der Waals surface area contributed by atoms with Crippen molar-refractivity contribution in [3.05, 3.63) is 34.3 Å². The summed E-state index contributed by atoms with van der Waals surface area (Å²) in [5, 5.41) is 4.22. The minimum atomic E-state index is 0.846. The van der Waals surface area contributed by atoms with Crippen molar-refractivity contribution in [2.75, 3.05) is 26.7 Å². The Balaban J connectivity index is 1.96. The van der Waals surface area contributed by atoms with Crippen LogP contribution < -0.4 is 5.32 Å². The van der Waals surface area contributed by atoms with E-state index in [4.69, 9.17) is 11.6 Å². The van der Waals surface area contributed by atoms with Crippen LogP contribution in [0.1, 0.15) is 30.9 Å². The van der Waals surface area contributed by atoms with Gasteiger partial charge in [-0.1, -0.05) is 30.7 Å². The summed E-state index contributed by atoms with van der Waals surface area (Å²) in [5.41, 5.74) is 2.73. The maximum Gasteiger partial charge on any atom is 0.0453 e. The van der Waals surface area contributed by atoms with Crippen LogP contribution in [0.15, 0.2) is 18.2 Å². The minimum absolute atomic E-state index is 0.846. The molecule has 0 aliphatic carbocycles. The van der Waals surface area contributed by atoms with Gasteiger partial charge in [-0.15, -0.1) is 0 Å². The number of rotatable bonds is 5. The summed E-state index contributed by atoms with van der Waals surface area (Å²) >= 11 is 6.37. The molecule has 1 heterocycles. The molecular weight excluding hydrogens is 256 g/mol. The number of nitrogens with one attached hydrogen (secondary N) is 1. The van der Waals surface area contributed by atoms with Gasteiger partial charge >= 0.3 is 0 Å². The van der Waals surface area contributed by atoms with Gasteiger partial charge in [0.2, 0.25) is 0 Å². The molecule has 0 unspecified atom stereocenters. The first-order valence-corrected chi connectivity index (χ1v) is 7.75. The molecule has 1 aliphatic rings. The number of benzene rings is 1. The first-order chi connectivity index (χ1) is 9.24. The van der Waals surface area contributed by atoms with Crippen LogP contribution in [-0.2, 0) is 13.0 Å². The van der Waals surface area contributed by atoms with Gasteiger partial charge in [0.15, 0.2) is 0 Å². The summed E-state index contributed by atoms with van der Waals surface area (Å²) in [6.07, 6.45) is 3.66. The number of hydrogen-bond donors (Lipinski definition) is 1. The second-order valence-corrected chi connectivity index (χ2v) is 5.92. The van der Waals surface area contributed by atoms with Gasteiger partial charge in [-0.05, 0) is 69.1 Å². The number of aryl methyl sites for hydroxylation is 1. The lowest BCUT2D eigenvalue weighted by molar-refractivity contribution is 0.176. The summed E-state index contributed by atoms with van der Waals surface area (Å²) in [6.45, 7) is 6.75. The lowest BCUT2D eigenvalue weighted by Gasteiger charge is -2.32. The second kappa shape index (κ2) is 7.28. The second-order valence-electron chi connectivity index (χ2n) is 5.51. The molecular formula is C16H25ClN2. The molecule has 2 rings (SSSR count). The Morgan fingerprint density at radius 2 is 2.05 bits per heavy atom. The number of halogens is 1. The van der Waals surface area contributed by atoms with Crippen LogP contribution in [0.4, 0.5) is 0 Å². The van der Waals surface area contributed by atoms with Gasteiger partial charge in [0.1, 0.15) is 0 Å². The molecule has 1 aromatic rings. The highest BCUT2D eigenvalue weighted by atomic mass is 35.5. The van der Waals surface area contributed by atoms with Gasteiger partial charge < -0.3 is 5.32 Å². The van der Waals surface area contributed by atoms with Gasteiger partial charge in [-0.2, -0.15) is 0 Å². The highest BCUT2D eigenvalue weighted by Crippen LogP contribution is 2.25. The predicted octanol–water partition coefficient (Wildman–Crippen LogP) is 3.33. The SMILES string of the molecule is CCc1cccc(Cl)c1CN1CCC(CNC)CC1. The standard InChI is InChI=1S/C16H25ClN2/c1-3-14-5-4-6-16(17)15(14)12-19-9-7-13(8-10-19)11-18-2/h4-6,13,18H,3,7-12H2,1-2H3. The Kier molecular flexibility index (Phi) is 5.68. The van der Waals surface area contributed by atoms with Gasteiger partial charge in [0.05, 0.1) is 0 Å². The molecule has 0 saturated carbocycles. The van der Waals surface area contributed by atoms with Gasteiger partial charge in [0, 0.05) is 11.6 Å². The van der Waals surface area contributed by atoms with E-state index >= 15 is 0 Å². The first kappa shape index (κ1) is 14.8. The van der Waals surface area contributed by atoms with Gasteiger partial charge in [0.25, 0.3) is 0 Å². The number of piperidine rings is 1. The van der Waals surface area contributed by atoms with Crippen molar-refractivity contribution >= 4 is 11.6 Å². The third-order valence-electron chi connectivity index (χ3n) is 4.18. The Hall–Kier alpha value is -0.570. The van der Waals surface area contributed by atoms with E-state index in [-0.39, 0.29) is 0 Å². The predicted molar refractivity (Wildman–Crippen MR) is 82.8 cm³/mol. The van der Waals surface area contributed by atoms with Crippen LogP contribution in [0, 0.1) is 5.92 Å². The molecule has 0 spiro atoms. The zero-order valence-corrected chi connectivity index (χ0v) is 12.8. The molecule has 1 aliphatic heterocycles. The monoisotopic (exact) mass is 280 g/mol. The van der Waals surface area contributed by atoms with Crippen LogP contribution in [0.5, 0.6) is 0 Å². The topological polar surface area (TPSA) is 15.3 Å². The third-order valence-corrected chi connectivity index (χ3v) is 4.53. The van der Waals surface area contributed by atoms with Crippen LogP contribution in [-0.4, -0.2) is 31.6 Å². The summed E-state index contributed by atoms with van der Waals surface area (Å²) in [5.74, 6) is 0.846. The summed E-state index contributed by atoms with van der Waals surface area (Å²) in [6, 6.07) is 6.28. The smallest absolute Gasteiger partial charge is 0.0453 e. The fourth-order valence-electron chi connectivity index (χ4n) is 2.97. The van der Waals surface area contributed by atoms with E-state index in [2.05, 4.69) is 29.3 Å². The fourth-order valence-corrected chi connectivity index (χ4v) is 3.23. The van der Waals surface area contributed by atoms with Crippen molar-refractivity contribution in [3.63, 3.8) is 0 Å². The van der Waals surface area contributed by atoms with Gasteiger partial charge in [-0.25, -0.2) is 0 Å². The lowest BCUT2D eigenvalue weighted by atomic mass is 9.96. The Morgan fingerprint density at radius 1 is 1.32 bits per heavy atom. The van der Waals surface area contributed by atoms with Crippen molar-refractivity contribution in [3.8, 4) is 0 Å². The molecule has 2 nitrogen and oxygen atoms in total. The van der Waals surface area contributed by atoms with Gasteiger partial charge in [-0.3, -0.25) is 4.90 Å². The van der Waals surface area contributed by atoms with E-state index in [1.807, 2.05) is 13.1 Å². The molecule has 19 heavy (non-hydrogen) atoms. The first-order valence-electron chi connectivity index (χ1n) is 7.37. The third kappa shape index (κ3) is 3.95. The van der Waals surface area contributed by atoms with Crippen molar-refractivity contribution < 1.29 is 0 Å². The minimum Gasteiger partial charge on any atom is -0.319 e. The van der Waals surface area contributed by atoms with E-state index in [9.17, 15) is 0 Å². The highest BCUT2D eigenvalue weighted by molar-refractivity contribution is 6.31. The summed E-state index contributed by atoms with van der Waals surface area (Å²) in [4.78, 5) is 2.55. The molecule has 3 heteroatoms. The molecule has 1 saturated heterocycles.